The van der Waals surface area contributed by atoms with Gasteiger partial charge in [-0.3, -0.25) is 14.4 Å². The number of aliphatic hydroxyl groups excluding tert-OH is 1. The van der Waals surface area contributed by atoms with Crippen LogP contribution in [0.2, 0.25) is 0 Å². The first-order chi connectivity index (χ1) is 15.6. The summed E-state index contributed by atoms with van der Waals surface area (Å²) in [6.45, 7) is 5.72. The molecule has 1 saturated heterocycles. The molecule has 0 saturated carbocycles. The summed E-state index contributed by atoms with van der Waals surface area (Å²) >= 11 is 3.44. The number of hydrogen-bond donors (Lipinski definition) is 3. The van der Waals surface area contributed by atoms with Crippen molar-refractivity contribution in [2.24, 2.45) is 5.92 Å². The lowest BCUT2D eigenvalue weighted by atomic mass is 10.1. The zero-order valence-electron chi connectivity index (χ0n) is 18.9. The fourth-order valence-corrected chi connectivity index (χ4v) is 4.37. The summed E-state index contributed by atoms with van der Waals surface area (Å²) in [5, 5.41) is 14.8. The van der Waals surface area contributed by atoms with Gasteiger partial charge in [-0.15, -0.1) is 0 Å². The number of aliphatic hydroxyl groups is 1. The van der Waals surface area contributed by atoms with E-state index in [0.29, 0.717) is 11.4 Å². The summed E-state index contributed by atoms with van der Waals surface area (Å²) in [6, 6.07) is 10.7. The van der Waals surface area contributed by atoms with Crippen LogP contribution >= 0.6 is 15.9 Å². The second-order valence-corrected chi connectivity index (χ2v) is 9.16. The van der Waals surface area contributed by atoms with E-state index in [1.165, 1.54) is 0 Å². The number of benzene rings is 2. The van der Waals surface area contributed by atoms with Gasteiger partial charge in [0.15, 0.2) is 6.61 Å². The highest BCUT2D eigenvalue weighted by atomic mass is 79.9. The number of aryl methyl sites for hydroxylation is 2. The van der Waals surface area contributed by atoms with Crippen LogP contribution in [-0.4, -0.2) is 48.6 Å². The summed E-state index contributed by atoms with van der Waals surface area (Å²) in [5.74, 6) is -0.611. The van der Waals surface area contributed by atoms with Crippen LogP contribution in [0.4, 0.5) is 11.4 Å². The van der Waals surface area contributed by atoms with Gasteiger partial charge in [0.05, 0.1) is 12.0 Å². The molecule has 9 heteroatoms. The topological polar surface area (TPSA) is 108 Å². The number of nitrogens with one attached hydrogen (secondary N) is 2. The predicted molar refractivity (Wildman–Crippen MR) is 129 cm³/mol. The maximum Gasteiger partial charge on any atom is 0.262 e. The summed E-state index contributed by atoms with van der Waals surface area (Å²) < 4.78 is 6.54. The summed E-state index contributed by atoms with van der Waals surface area (Å²) in [5.41, 5.74) is 3.32. The van der Waals surface area contributed by atoms with E-state index in [0.717, 1.165) is 21.3 Å². The lowest BCUT2D eigenvalue weighted by molar-refractivity contribution is -0.126. The molecule has 1 aliphatic heterocycles. The van der Waals surface area contributed by atoms with Gasteiger partial charge in [0.1, 0.15) is 5.75 Å². The van der Waals surface area contributed by atoms with Crippen molar-refractivity contribution in [3.63, 3.8) is 0 Å². The van der Waals surface area contributed by atoms with E-state index in [-0.39, 0.29) is 43.8 Å². The van der Waals surface area contributed by atoms with Gasteiger partial charge < -0.3 is 25.4 Å². The quantitative estimate of drug-likeness (QED) is 0.498. The number of carbonyl (C=O) groups excluding carboxylic acids is 3. The highest BCUT2D eigenvalue weighted by molar-refractivity contribution is 9.10. The van der Waals surface area contributed by atoms with Crippen LogP contribution in [0.25, 0.3) is 0 Å². The molecule has 1 fully saturated rings. The van der Waals surface area contributed by atoms with Crippen molar-refractivity contribution in [2.75, 3.05) is 29.9 Å². The molecule has 3 rings (SSSR count). The van der Waals surface area contributed by atoms with Crippen LogP contribution in [0.5, 0.6) is 5.75 Å². The molecule has 0 aromatic heterocycles. The minimum absolute atomic E-state index is 0.124. The zero-order chi connectivity index (χ0) is 24.1. The molecule has 2 aromatic rings. The molecule has 1 aliphatic rings. The standard InChI is InChI=1S/C24H28BrN3O5/c1-14-8-18(25)9-15(2)23(14)27-21(30)13-33-20-6-4-19(5-7-20)28-12-17(10-22(28)31)24(32)26-11-16(3)29/h4-9,16-17,29H,10-13H2,1-3H3,(H,26,32)(H,27,30)/t16-,17+/m0/s1. The highest BCUT2D eigenvalue weighted by Gasteiger charge is 2.35. The summed E-state index contributed by atoms with van der Waals surface area (Å²) in [4.78, 5) is 38.5. The average Bonchev–Trinajstić information content (AvgIpc) is 3.15. The van der Waals surface area contributed by atoms with Gasteiger partial charge in [0.25, 0.3) is 5.91 Å². The molecule has 2 aromatic carbocycles. The Bertz CT molecular complexity index is 1020. The van der Waals surface area contributed by atoms with Crippen molar-refractivity contribution >= 4 is 45.0 Å². The van der Waals surface area contributed by atoms with Gasteiger partial charge in [-0.2, -0.15) is 0 Å². The van der Waals surface area contributed by atoms with Gasteiger partial charge in [0, 0.05) is 35.4 Å². The van der Waals surface area contributed by atoms with E-state index in [2.05, 4.69) is 26.6 Å². The number of ether oxygens (including phenoxy) is 1. The summed E-state index contributed by atoms with van der Waals surface area (Å²) in [7, 11) is 0. The second kappa shape index (κ2) is 10.8. The SMILES string of the molecule is Cc1cc(Br)cc(C)c1NC(=O)COc1ccc(N2C[C@H](C(=O)NC[C@H](C)O)CC2=O)cc1. The predicted octanol–water partition coefficient (Wildman–Crippen LogP) is 2.93. The molecule has 8 nitrogen and oxygen atoms in total. The van der Waals surface area contributed by atoms with Crippen molar-refractivity contribution in [3.05, 3.63) is 52.0 Å². The number of hydrogen-bond acceptors (Lipinski definition) is 5. The number of amides is 3. The molecule has 1 heterocycles. The Morgan fingerprint density at radius 2 is 1.85 bits per heavy atom. The average molecular weight is 518 g/mol. The monoisotopic (exact) mass is 517 g/mol. The molecule has 2 atom stereocenters. The number of carbonyl (C=O) groups is 3. The van der Waals surface area contributed by atoms with Crippen LogP contribution in [0.15, 0.2) is 40.9 Å². The van der Waals surface area contributed by atoms with Crippen molar-refractivity contribution in [3.8, 4) is 5.75 Å². The lowest BCUT2D eigenvalue weighted by Gasteiger charge is -2.17. The fraction of sp³-hybridized carbons (Fsp3) is 0.375. The largest absolute Gasteiger partial charge is 0.484 e. The van der Waals surface area contributed by atoms with Crippen LogP contribution in [0, 0.1) is 19.8 Å². The Morgan fingerprint density at radius 1 is 1.21 bits per heavy atom. The maximum atomic E-state index is 12.4. The molecule has 0 aliphatic carbocycles. The van der Waals surface area contributed by atoms with Crippen LogP contribution in [-0.2, 0) is 14.4 Å². The molecule has 3 N–H and O–H groups in total. The number of anilines is 2. The van der Waals surface area contributed by atoms with E-state index in [1.54, 1.807) is 36.1 Å². The number of rotatable bonds is 8. The third kappa shape index (κ3) is 6.55. The van der Waals surface area contributed by atoms with Crippen LogP contribution < -0.4 is 20.3 Å². The van der Waals surface area contributed by atoms with Gasteiger partial charge in [-0.05, 0) is 68.3 Å². The molecule has 0 bridgehead atoms. The van der Waals surface area contributed by atoms with Crippen molar-refractivity contribution in [1.29, 1.82) is 0 Å². The summed E-state index contributed by atoms with van der Waals surface area (Å²) in [6.07, 6.45) is -0.515. The van der Waals surface area contributed by atoms with Gasteiger partial charge in [-0.1, -0.05) is 15.9 Å². The minimum atomic E-state index is -0.639. The van der Waals surface area contributed by atoms with Crippen molar-refractivity contribution in [2.45, 2.75) is 33.3 Å². The van der Waals surface area contributed by atoms with Gasteiger partial charge in [-0.25, -0.2) is 0 Å². The Kier molecular flexibility index (Phi) is 8.10. The first-order valence-electron chi connectivity index (χ1n) is 10.7. The van der Waals surface area contributed by atoms with E-state index in [4.69, 9.17) is 4.74 Å². The molecular weight excluding hydrogens is 490 g/mol. The lowest BCUT2D eigenvalue weighted by Crippen LogP contribution is -2.36. The smallest absolute Gasteiger partial charge is 0.262 e. The van der Waals surface area contributed by atoms with Gasteiger partial charge >= 0.3 is 0 Å². The van der Waals surface area contributed by atoms with E-state index in [9.17, 15) is 19.5 Å². The molecule has 0 spiro atoms. The molecular formula is C24H28BrN3O5. The van der Waals surface area contributed by atoms with Crippen molar-refractivity contribution < 1.29 is 24.2 Å². The molecule has 176 valence electrons. The number of halogens is 1. The molecule has 33 heavy (non-hydrogen) atoms. The second-order valence-electron chi connectivity index (χ2n) is 8.24. The highest BCUT2D eigenvalue weighted by Crippen LogP contribution is 2.27. The van der Waals surface area contributed by atoms with Crippen LogP contribution in [0.1, 0.15) is 24.5 Å². The Morgan fingerprint density at radius 3 is 2.45 bits per heavy atom. The molecule has 0 unspecified atom stereocenters. The van der Waals surface area contributed by atoms with Crippen LogP contribution in [0.3, 0.4) is 0 Å². The Balaban J connectivity index is 1.54. The molecule has 3 amide bonds. The molecule has 0 radical (unpaired) electrons. The maximum absolute atomic E-state index is 12.4. The Hall–Kier alpha value is -2.91. The normalized spacial score (nSPS) is 16.5. The first kappa shape index (κ1) is 24.7. The fourth-order valence-electron chi connectivity index (χ4n) is 3.68. The minimum Gasteiger partial charge on any atom is -0.484 e. The van der Waals surface area contributed by atoms with E-state index in [1.807, 2.05) is 26.0 Å². The Labute approximate surface area is 201 Å². The third-order valence-electron chi connectivity index (χ3n) is 5.35. The third-order valence-corrected chi connectivity index (χ3v) is 5.81. The zero-order valence-corrected chi connectivity index (χ0v) is 20.4. The first-order valence-corrected chi connectivity index (χ1v) is 11.5. The number of nitrogens with zero attached hydrogens (tertiary/aromatic N) is 1. The van der Waals surface area contributed by atoms with E-state index >= 15 is 0 Å². The van der Waals surface area contributed by atoms with Crippen molar-refractivity contribution in [1.82, 2.24) is 5.32 Å². The van der Waals surface area contributed by atoms with Gasteiger partial charge in [0.2, 0.25) is 11.8 Å². The van der Waals surface area contributed by atoms with E-state index < -0.39 is 12.0 Å².